The number of rotatable bonds is 5. The van der Waals surface area contributed by atoms with Gasteiger partial charge >= 0.3 is 0 Å². The molecule has 0 spiro atoms. The van der Waals surface area contributed by atoms with Crippen LogP contribution in [-0.2, 0) is 6.42 Å². The van der Waals surface area contributed by atoms with Gasteiger partial charge in [0.1, 0.15) is 0 Å². The molecule has 1 heterocycles. The van der Waals surface area contributed by atoms with E-state index in [1.807, 2.05) is 0 Å². The number of likely N-dealkylation sites (N-methyl/N-ethyl adjacent to an activating group) is 1. The molecular weight excluding hydrogens is 248 g/mol. The highest BCUT2D eigenvalue weighted by Crippen LogP contribution is 2.27. The van der Waals surface area contributed by atoms with Crippen LogP contribution in [0.4, 0.5) is 5.69 Å². The molecule has 110 valence electrons. The average Bonchev–Trinajstić information content (AvgIpc) is 2.90. The van der Waals surface area contributed by atoms with Crippen molar-refractivity contribution in [1.29, 1.82) is 0 Å². The molecule has 4 nitrogen and oxygen atoms in total. The highest BCUT2D eigenvalue weighted by atomic mass is 15.3. The Morgan fingerprint density at radius 3 is 2.90 bits per heavy atom. The average molecular weight is 274 g/mol. The first kappa shape index (κ1) is 14.9. The van der Waals surface area contributed by atoms with E-state index in [1.165, 1.54) is 11.3 Å². The summed E-state index contributed by atoms with van der Waals surface area (Å²) in [5.74, 6) is 1.02. The molecular formula is C16H26N4. The van der Waals surface area contributed by atoms with Gasteiger partial charge in [-0.3, -0.25) is 4.99 Å². The van der Waals surface area contributed by atoms with Crippen molar-refractivity contribution >= 4 is 11.6 Å². The summed E-state index contributed by atoms with van der Waals surface area (Å²) in [6.45, 7) is 9.13. The molecule has 1 aliphatic rings. The number of anilines is 1. The van der Waals surface area contributed by atoms with Gasteiger partial charge in [-0.1, -0.05) is 25.1 Å². The maximum absolute atomic E-state index is 4.77. The lowest BCUT2D eigenvalue weighted by Crippen LogP contribution is -2.41. The van der Waals surface area contributed by atoms with Crippen molar-refractivity contribution in [3.8, 4) is 0 Å². The van der Waals surface area contributed by atoms with Crippen molar-refractivity contribution in [3.05, 3.63) is 29.8 Å². The van der Waals surface area contributed by atoms with E-state index in [0.29, 0.717) is 0 Å². The SMILES string of the molecule is CCNC(=NCCN(C)CC)N1CCc2ccccc21. The van der Waals surface area contributed by atoms with Gasteiger partial charge in [0.15, 0.2) is 5.96 Å². The molecule has 0 saturated carbocycles. The molecule has 0 saturated heterocycles. The summed E-state index contributed by atoms with van der Waals surface area (Å²) in [6.07, 6.45) is 1.11. The molecule has 1 aromatic rings. The molecule has 0 atom stereocenters. The van der Waals surface area contributed by atoms with Crippen LogP contribution in [0.5, 0.6) is 0 Å². The van der Waals surface area contributed by atoms with E-state index < -0.39 is 0 Å². The van der Waals surface area contributed by atoms with Gasteiger partial charge in [-0.15, -0.1) is 0 Å². The first-order valence-corrected chi connectivity index (χ1v) is 7.58. The van der Waals surface area contributed by atoms with Gasteiger partial charge in [0.05, 0.1) is 6.54 Å². The van der Waals surface area contributed by atoms with Crippen LogP contribution in [0.15, 0.2) is 29.3 Å². The van der Waals surface area contributed by atoms with Crippen LogP contribution in [-0.4, -0.2) is 50.6 Å². The minimum Gasteiger partial charge on any atom is -0.356 e. The molecule has 2 rings (SSSR count). The molecule has 20 heavy (non-hydrogen) atoms. The third kappa shape index (κ3) is 3.51. The summed E-state index contributed by atoms with van der Waals surface area (Å²) in [7, 11) is 2.13. The molecule has 0 unspecified atom stereocenters. The highest BCUT2D eigenvalue weighted by molar-refractivity contribution is 5.97. The number of benzene rings is 1. The molecule has 1 aliphatic heterocycles. The molecule has 0 radical (unpaired) electrons. The molecule has 0 fully saturated rings. The summed E-state index contributed by atoms with van der Waals surface area (Å²) in [6, 6.07) is 8.62. The number of nitrogens with zero attached hydrogens (tertiary/aromatic N) is 3. The van der Waals surface area contributed by atoms with Gasteiger partial charge in [0, 0.05) is 25.3 Å². The predicted octanol–water partition coefficient (Wildman–Crippen LogP) is 1.97. The van der Waals surface area contributed by atoms with Crippen LogP contribution in [0.1, 0.15) is 19.4 Å². The fourth-order valence-corrected chi connectivity index (χ4v) is 2.44. The minimum atomic E-state index is 0.839. The fraction of sp³-hybridized carbons (Fsp3) is 0.562. The van der Waals surface area contributed by atoms with E-state index in [-0.39, 0.29) is 0 Å². The Balaban J connectivity index is 2.07. The molecule has 1 aromatic carbocycles. The largest absolute Gasteiger partial charge is 0.356 e. The lowest BCUT2D eigenvalue weighted by molar-refractivity contribution is 0.363. The number of aliphatic imine (C=N–C) groups is 1. The fourth-order valence-electron chi connectivity index (χ4n) is 2.44. The number of nitrogens with one attached hydrogen (secondary N) is 1. The van der Waals surface area contributed by atoms with Crippen LogP contribution in [0.3, 0.4) is 0 Å². The second kappa shape index (κ2) is 7.29. The van der Waals surface area contributed by atoms with E-state index >= 15 is 0 Å². The lowest BCUT2D eigenvalue weighted by atomic mass is 10.2. The second-order valence-corrected chi connectivity index (χ2v) is 5.16. The van der Waals surface area contributed by atoms with Crippen LogP contribution in [0.2, 0.25) is 0 Å². The van der Waals surface area contributed by atoms with E-state index in [0.717, 1.165) is 45.1 Å². The van der Waals surface area contributed by atoms with E-state index in [4.69, 9.17) is 4.99 Å². The second-order valence-electron chi connectivity index (χ2n) is 5.16. The maximum atomic E-state index is 4.77. The Labute approximate surface area is 122 Å². The van der Waals surface area contributed by atoms with Crippen LogP contribution in [0.25, 0.3) is 0 Å². The summed E-state index contributed by atoms with van der Waals surface area (Å²) in [4.78, 5) is 9.37. The topological polar surface area (TPSA) is 30.9 Å². The van der Waals surface area contributed by atoms with Gasteiger partial charge in [0.2, 0.25) is 0 Å². The number of guanidine groups is 1. The molecule has 0 amide bonds. The summed E-state index contributed by atoms with van der Waals surface area (Å²) in [5, 5.41) is 3.41. The lowest BCUT2D eigenvalue weighted by Gasteiger charge is -2.22. The van der Waals surface area contributed by atoms with E-state index in [2.05, 4.69) is 60.3 Å². The number of hydrogen-bond donors (Lipinski definition) is 1. The number of fused-ring (bicyclic) bond motifs is 1. The zero-order valence-corrected chi connectivity index (χ0v) is 12.9. The Morgan fingerprint density at radius 2 is 2.15 bits per heavy atom. The Kier molecular flexibility index (Phi) is 5.41. The standard InChI is InChI=1S/C16H26N4/c1-4-17-16(18-11-13-19(3)5-2)20-12-10-14-8-6-7-9-15(14)20/h6-9H,4-5,10-13H2,1-3H3,(H,17,18). The predicted molar refractivity (Wildman–Crippen MR) is 86.6 cm³/mol. The van der Waals surface area contributed by atoms with Gasteiger partial charge in [0.25, 0.3) is 0 Å². The van der Waals surface area contributed by atoms with E-state index in [9.17, 15) is 0 Å². The van der Waals surface area contributed by atoms with Crippen molar-refractivity contribution in [2.45, 2.75) is 20.3 Å². The molecule has 0 bridgehead atoms. The highest BCUT2D eigenvalue weighted by Gasteiger charge is 2.22. The van der Waals surface area contributed by atoms with Gasteiger partial charge in [-0.2, -0.15) is 0 Å². The van der Waals surface area contributed by atoms with Gasteiger partial charge in [-0.25, -0.2) is 0 Å². The third-order valence-electron chi connectivity index (χ3n) is 3.76. The van der Waals surface area contributed by atoms with Crippen molar-refractivity contribution in [3.63, 3.8) is 0 Å². The Bertz CT molecular complexity index is 456. The Hall–Kier alpha value is -1.55. The third-order valence-corrected chi connectivity index (χ3v) is 3.76. The Morgan fingerprint density at radius 1 is 1.35 bits per heavy atom. The maximum Gasteiger partial charge on any atom is 0.198 e. The van der Waals surface area contributed by atoms with Crippen molar-refractivity contribution < 1.29 is 0 Å². The summed E-state index contributed by atoms with van der Waals surface area (Å²) >= 11 is 0. The van der Waals surface area contributed by atoms with Crippen molar-refractivity contribution in [2.75, 3.05) is 44.7 Å². The zero-order valence-electron chi connectivity index (χ0n) is 12.9. The normalized spacial score (nSPS) is 14.8. The van der Waals surface area contributed by atoms with Gasteiger partial charge in [-0.05, 0) is 38.6 Å². The first-order chi connectivity index (χ1) is 9.76. The summed E-state index contributed by atoms with van der Waals surface area (Å²) < 4.78 is 0. The molecule has 4 heteroatoms. The first-order valence-electron chi connectivity index (χ1n) is 7.58. The van der Waals surface area contributed by atoms with Crippen LogP contribution >= 0.6 is 0 Å². The quantitative estimate of drug-likeness (QED) is 0.658. The molecule has 1 N–H and O–H groups in total. The molecule has 0 aliphatic carbocycles. The number of para-hydroxylation sites is 1. The van der Waals surface area contributed by atoms with Crippen LogP contribution in [0, 0.1) is 0 Å². The van der Waals surface area contributed by atoms with Crippen LogP contribution < -0.4 is 10.2 Å². The summed E-state index contributed by atoms with van der Waals surface area (Å²) in [5.41, 5.74) is 2.72. The zero-order chi connectivity index (χ0) is 14.4. The van der Waals surface area contributed by atoms with E-state index in [1.54, 1.807) is 0 Å². The van der Waals surface area contributed by atoms with Crippen molar-refractivity contribution in [1.82, 2.24) is 10.2 Å². The van der Waals surface area contributed by atoms with Crippen molar-refractivity contribution in [2.24, 2.45) is 4.99 Å². The van der Waals surface area contributed by atoms with Gasteiger partial charge < -0.3 is 15.1 Å². The minimum absolute atomic E-state index is 0.839. The monoisotopic (exact) mass is 274 g/mol. The smallest absolute Gasteiger partial charge is 0.198 e. The number of hydrogen-bond acceptors (Lipinski definition) is 2. The molecule has 0 aromatic heterocycles.